The Morgan fingerprint density at radius 1 is 0.500 bits per heavy atom. The smallest absolute Gasteiger partial charge is 0.410 e. The van der Waals surface area contributed by atoms with Gasteiger partial charge in [0.1, 0.15) is 0 Å². The van der Waals surface area contributed by atoms with E-state index < -0.39 is 0 Å². The molecule has 0 aromatic heterocycles. The summed E-state index contributed by atoms with van der Waals surface area (Å²) in [6.45, 7) is 6.48. The van der Waals surface area contributed by atoms with Crippen LogP contribution in [0, 0.1) is 0 Å². The van der Waals surface area contributed by atoms with Crippen molar-refractivity contribution in [1.29, 1.82) is 0 Å². The van der Waals surface area contributed by atoms with Crippen molar-refractivity contribution in [3.63, 3.8) is 0 Å². The molecule has 0 unspecified atom stereocenters. The van der Waals surface area contributed by atoms with Crippen molar-refractivity contribution in [2.45, 2.75) is 38.5 Å². The molecule has 6 nitrogen and oxygen atoms in total. The largest absolute Gasteiger partial charge is 3.00 e. The quantitative estimate of drug-likeness (QED) is 0.275. The van der Waals surface area contributed by atoms with Crippen LogP contribution in [-0.4, -0.2) is 67.3 Å². The van der Waals surface area contributed by atoms with Gasteiger partial charge in [0, 0.05) is 39.3 Å². The zero-order chi connectivity index (χ0) is 20.1. The summed E-state index contributed by atoms with van der Waals surface area (Å²) in [4.78, 5) is 0. The van der Waals surface area contributed by atoms with Gasteiger partial charge in [0.05, 0.1) is 0 Å². The molecule has 0 aromatic rings. The average Bonchev–Trinajstić information content (AvgIpc) is 3.30. The van der Waals surface area contributed by atoms with Gasteiger partial charge in [-0.25, -0.2) is 15.0 Å². The van der Waals surface area contributed by atoms with Crippen LogP contribution in [0.3, 0.4) is 0 Å². The standard InChI is InChI=1S/3C5H10N2S2.Fe/c3*8-5(9)6-7-3-1-2-4-7;/h3*1-4H2,(H2,6,8,9);/q;;;+3/p-3. The van der Waals surface area contributed by atoms with Crippen molar-refractivity contribution in [3.05, 3.63) is 0 Å². The van der Waals surface area contributed by atoms with E-state index in [1.807, 2.05) is 0 Å². The van der Waals surface area contributed by atoms with E-state index >= 15 is 0 Å². The number of hydrazine groups is 3. The van der Waals surface area contributed by atoms with Crippen LogP contribution in [0.1, 0.15) is 38.5 Å². The second-order valence-corrected chi connectivity index (χ2v) is 9.50. The van der Waals surface area contributed by atoms with Gasteiger partial charge in [-0.2, -0.15) is 0 Å². The molecule has 3 N–H and O–H groups in total. The van der Waals surface area contributed by atoms with Gasteiger partial charge in [0.2, 0.25) is 0 Å². The molecule has 0 atom stereocenters. The number of hydrogen-bond acceptors (Lipinski definition) is 9. The molecule has 3 heterocycles. The molecule has 0 bridgehead atoms. The van der Waals surface area contributed by atoms with Crippen molar-refractivity contribution in [2.75, 3.05) is 39.3 Å². The van der Waals surface area contributed by atoms with Crippen molar-refractivity contribution < 1.29 is 17.1 Å². The topological polar surface area (TPSA) is 45.8 Å². The van der Waals surface area contributed by atoms with Crippen LogP contribution in [0.2, 0.25) is 0 Å². The number of nitrogens with zero attached hydrogens (tertiary/aromatic N) is 3. The van der Waals surface area contributed by atoms with Gasteiger partial charge in [0.25, 0.3) is 0 Å². The van der Waals surface area contributed by atoms with Crippen molar-refractivity contribution in [3.8, 4) is 0 Å². The van der Waals surface area contributed by atoms with Gasteiger partial charge in [-0.15, -0.1) is 0 Å². The minimum Gasteiger partial charge on any atom is -0.410 e. The van der Waals surface area contributed by atoms with Gasteiger partial charge >= 0.3 is 17.1 Å². The SMILES string of the molecule is S=C([S-])NN1CCCC1.S=C([S-])NN1CCCC1.S=C([S-])NN1CCCC1.[Fe+3]. The summed E-state index contributed by atoms with van der Waals surface area (Å²) in [5, 5.41) is 6.19. The third-order valence-electron chi connectivity index (χ3n) is 4.07. The normalized spacial score (nSPS) is 19.3. The molecule has 3 fully saturated rings. The molecule has 3 rings (SSSR count). The maximum atomic E-state index is 4.69. The Balaban J connectivity index is 0.000000384. The number of hydrogen-bond donors (Lipinski definition) is 3. The monoisotopic (exact) mass is 539 g/mol. The number of nitrogens with one attached hydrogen (secondary N) is 3. The summed E-state index contributed by atoms with van der Waals surface area (Å²) in [6.07, 6.45) is 7.53. The Morgan fingerprint density at radius 3 is 0.821 bits per heavy atom. The van der Waals surface area contributed by atoms with E-state index in [4.69, 9.17) is 74.5 Å². The van der Waals surface area contributed by atoms with Crippen LogP contribution < -0.4 is 16.3 Å². The van der Waals surface area contributed by atoms with Crippen molar-refractivity contribution >= 4 is 87.5 Å². The maximum Gasteiger partial charge on any atom is 3.00 e. The summed E-state index contributed by atoms with van der Waals surface area (Å²) in [5.41, 5.74) is 8.76. The Hall–Kier alpha value is 0.729. The van der Waals surface area contributed by atoms with Crippen LogP contribution in [0.5, 0.6) is 0 Å². The molecule has 28 heavy (non-hydrogen) atoms. The molecular weight excluding hydrogens is 512 g/mol. The molecule has 161 valence electrons. The first-order chi connectivity index (χ1) is 12.9. The van der Waals surface area contributed by atoms with Gasteiger partial charge in [-0.1, -0.05) is 0 Å². The predicted octanol–water partition coefficient (Wildman–Crippen LogP) is 1.25. The minimum atomic E-state index is 0. The number of rotatable bonds is 3. The van der Waals surface area contributed by atoms with E-state index in [0.717, 1.165) is 39.3 Å². The molecule has 0 aromatic carbocycles. The predicted molar refractivity (Wildman–Crippen MR) is 132 cm³/mol. The Morgan fingerprint density at radius 2 is 0.679 bits per heavy atom. The van der Waals surface area contributed by atoms with Crippen LogP contribution in [-0.2, 0) is 55.0 Å². The summed E-state index contributed by atoms with van der Waals surface area (Å²) >= 11 is 28.2. The zero-order valence-corrected chi connectivity index (χ0v) is 21.6. The van der Waals surface area contributed by atoms with Gasteiger partial charge < -0.3 is 90.8 Å². The van der Waals surface area contributed by atoms with E-state index in [-0.39, 0.29) is 17.1 Å². The van der Waals surface area contributed by atoms with Crippen molar-refractivity contribution in [2.24, 2.45) is 0 Å². The van der Waals surface area contributed by atoms with Crippen molar-refractivity contribution in [1.82, 2.24) is 31.3 Å². The molecular formula is C15H27FeN6S6. The van der Waals surface area contributed by atoms with E-state index in [0.29, 0.717) is 13.0 Å². The van der Waals surface area contributed by atoms with Gasteiger partial charge in [0.15, 0.2) is 0 Å². The molecule has 13 heteroatoms. The molecule has 3 aliphatic heterocycles. The number of thiocarbonyl (C=S) groups is 3. The summed E-state index contributed by atoms with van der Waals surface area (Å²) in [6, 6.07) is 0. The minimum absolute atomic E-state index is 0. The second-order valence-electron chi connectivity index (χ2n) is 6.28. The fraction of sp³-hybridized carbons (Fsp3) is 0.800. The van der Waals surface area contributed by atoms with Gasteiger partial charge in [-0.3, -0.25) is 0 Å². The summed E-state index contributed by atoms with van der Waals surface area (Å²) in [7, 11) is 0. The molecule has 1 radical (unpaired) electrons. The van der Waals surface area contributed by atoms with E-state index in [1.165, 1.54) is 38.5 Å². The van der Waals surface area contributed by atoms with E-state index in [9.17, 15) is 0 Å². The van der Waals surface area contributed by atoms with Gasteiger partial charge in [-0.05, 0) is 51.5 Å². The summed E-state index contributed by atoms with van der Waals surface area (Å²) in [5.74, 6) is 0. The van der Waals surface area contributed by atoms with Crippen LogP contribution in [0.15, 0.2) is 0 Å². The average molecular weight is 540 g/mol. The van der Waals surface area contributed by atoms with E-state index in [2.05, 4.69) is 31.3 Å². The molecule has 3 aliphatic rings. The third-order valence-corrected chi connectivity index (χ3v) is 4.61. The maximum absolute atomic E-state index is 4.69. The molecule has 0 aliphatic carbocycles. The first kappa shape index (κ1) is 28.7. The Labute approximate surface area is 212 Å². The Bertz CT molecular complexity index is 401. The fourth-order valence-electron chi connectivity index (χ4n) is 2.87. The molecule has 0 spiro atoms. The molecule has 0 saturated carbocycles. The first-order valence-corrected chi connectivity index (χ1v) is 11.5. The van der Waals surface area contributed by atoms with E-state index in [1.54, 1.807) is 0 Å². The fourth-order valence-corrected chi connectivity index (χ4v) is 3.65. The van der Waals surface area contributed by atoms with Crippen LogP contribution in [0.4, 0.5) is 0 Å². The first-order valence-electron chi connectivity index (χ1n) is 9.04. The third kappa shape index (κ3) is 15.6. The van der Waals surface area contributed by atoms with Crippen LogP contribution in [0.25, 0.3) is 0 Å². The molecule has 0 amide bonds. The summed E-state index contributed by atoms with van der Waals surface area (Å²) < 4.78 is 1.37. The molecule has 3 saturated heterocycles. The Kier molecular flexibility index (Phi) is 17.9. The van der Waals surface area contributed by atoms with Crippen LogP contribution >= 0.6 is 36.7 Å². The second kappa shape index (κ2) is 17.4. The zero-order valence-electron chi connectivity index (χ0n) is 15.6.